The molecule has 3 aliphatic rings. The fourth-order valence-electron chi connectivity index (χ4n) is 6.88. The van der Waals surface area contributed by atoms with E-state index >= 15 is 0 Å². The predicted molar refractivity (Wildman–Crippen MR) is 251 cm³/mol. The molecule has 3 aromatic rings. The molecule has 6 rings (SSSR count). The van der Waals surface area contributed by atoms with E-state index in [1.165, 1.54) is 96.7 Å². The average Bonchev–Trinajstić information content (AvgIpc) is 3.36. The number of phenolic OH excluding ortho intramolecular Hbond substituents is 3. The summed E-state index contributed by atoms with van der Waals surface area (Å²) in [5.41, 5.74) is 1.82. The van der Waals surface area contributed by atoms with Crippen molar-refractivity contribution in [1.29, 1.82) is 0 Å². The van der Waals surface area contributed by atoms with Gasteiger partial charge in [0.1, 0.15) is 54.9 Å². The molecular formula is C48H62N2O22. The topological polar surface area (TPSA) is 383 Å². The summed E-state index contributed by atoms with van der Waals surface area (Å²) in [6, 6.07) is 13.7. The molecule has 3 fully saturated rings. The number of phenols is 3. The number of hydrogen-bond acceptors (Lipinski definition) is 22. The SMILES string of the molecule is COc1cc(/C=C/C(=O)NC2OC(C)C(O)C(O)C2O)ccc1O.COc1cc(/C=C/C(=O)NC2OC(C)C(O)C(O)C2O)ccc1O.COc1cc(/C=C/C(=O)OC2OC(C)C(O)C(O)C2O)ccc1O. The highest BCUT2D eigenvalue weighted by molar-refractivity contribution is 5.92. The molecule has 0 saturated carbocycles. The average molecular weight is 1020 g/mol. The number of amides is 2. The summed E-state index contributed by atoms with van der Waals surface area (Å²) >= 11 is 0. The molecule has 2 amide bonds. The summed E-state index contributed by atoms with van der Waals surface area (Å²) in [6.45, 7) is 4.54. The van der Waals surface area contributed by atoms with Crippen molar-refractivity contribution < 1.29 is 109 Å². The second-order valence-electron chi connectivity index (χ2n) is 16.4. The molecule has 72 heavy (non-hydrogen) atoms. The maximum atomic E-state index is 11.9. The summed E-state index contributed by atoms with van der Waals surface area (Å²) < 4.78 is 35.6. The van der Waals surface area contributed by atoms with Gasteiger partial charge in [-0.3, -0.25) is 9.59 Å². The number of ether oxygens (including phenoxy) is 7. The minimum atomic E-state index is -1.55. The molecule has 3 aromatic carbocycles. The maximum absolute atomic E-state index is 11.9. The van der Waals surface area contributed by atoms with Crippen molar-refractivity contribution in [3.05, 3.63) is 89.5 Å². The van der Waals surface area contributed by atoms with Gasteiger partial charge in [0.05, 0.1) is 39.6 Å². The van der Waals surface area contributed by atoms with Crippen LogP contribution in [-0.4, -0.2) is 192 Å². The Labute approximate surface area is 412 Å². The summed E-state index contributed by atoms with van der Waals surface area (Å²) in [5, 5.41) is 121. The molecule has 15 atom stereocenters. The quantitative estimate of drug-likeness (QED) is 0.0725. The van der Waals surface area contributed by atoms with Crippen molar-refractivity contribution in [2.75, 3.05) is 21.3 Å². The number of carbonyl (C=O) groups excluding carboxylic acids is 3. The molecule has 0 bridgehead atoms. The van der Waals surface area contributed by atoms with Gasteiger partial charge in [-0.25, -0.2) is 4.79 Å². The molecular weight excluding hydrogens is 957 g/mol. The Bertz CT molecular complexity index is 2110. The van der Waals surface area contributed by atoms with E-state index in [0.717, 1.165) is 6.08 Å². The molecule has 0 aliphatic carbocycles. The van der Waals surface area contributed by atoms with E-state index in [9.17, 15) is 75.7 Å². The summed E-state index contributed by atoms with van der Waals surface area (Å²) in [7, 11) is 4.23. The Kier molecular flexibility index (Phi) is 21.7. The second kappa shape index (κ2) is 26.9. The van der Waals surface area contributed by atoms with Gasteiger partial charge < -0.3 is 105 Å². The highest BCUT2D eigenvalue weighted by Gasteiger charge is 2.45. The highest BCUT2D eigenvalue weighted by Crippen LogP contribution is 2.30. The Morgan fingerprint density at radius 3 is 1.12 bits per heavy atom. The van der Waals surface area contributed by atoms with Crippen LogP contribution in [0.15, 0.2) is 72.8 Å². The Morgan fingerprint density at radius 1 is 0.458 bits per heavy atom. The minimum absolute atomic E-state index is 0.0145. The lowest BCUT2D eigenvalue weighted by atomic mass is 9.99. The van der Waals surface area contributed by atoms with Crippen LogP contribution in [0.4, 0.5) is 0 Å². The first kappa shape index (κ1) is 58.2. The van der Waals surface area contributed by atoms with E-state index in [1.807, 2.05) is 0 Å². The smallest absolute Gasteiger partial charge is 0.333 e. The normalized spacial score (nSPS) is 30.3. The lowest BCUT2D eigenvalue weighted by Gasteiger charge is -2.39. The molecule has 396 valence electrons. The first-order valence-corrected chi connectivity index (χ1v) is 22.1. The van der Waals surface area contributed by atoms with Crippen LogP contribution >= 0.6 is 0 Å². The van der Waals surface area contributed by atoms with Crippen LogP contribution in [0.1, 0.15) is 37.5 Å². The first-order valence-electron chi connectivity index (χ1n) is 22.1. The van der Waals surface area contributed by atoms with Gasteiger partial charge in [0.2, 0.25) is 18.1 Å². The van der Waals surface area contributed by atoms with Gasteiger partial charge in [-0.15, -0.1) is 0 Å². The van der Waals surface area contributed by atoms with Gasteiger partial charge in [-0.05, 0) is 92.1 Å². The molecule has 24 nitrogen and oxygen atoms in total. The van der Waals surface area contributed by atoms with Gasteiger partial charge >= 0.3 is 5.97 Å². The third-order valence-electron chi connectivity index (χ3n) is 11.2. The zero-order chi connectivity index (χ0) is 53.6. The van der Waals surface area contributed by atoms with Gasteiger partial charge in [-0.2, -0.15) is 0 Å². The zero-order valence-electron chi connectivity index (χ0n) is 39.8. The number of rotatable bonds is 12. The van der Waals surface area contributed by atoms with Crippen molar-refractivity contribution in [3.63, 3.8) is 0 Å². The van der Waals surface area contributed by atoms with E-state index in [0.29, 0.717) is 16.7 Å². The molecule has 14 N–H and O–H groups in total. The van der Waals surface area contributed by atoms with E-state index in [2.05, 4.69) is 10.6 Å². The molecule has 3 heterocycles. The standard InChI is InChI=1S/2C16H21NO7.C16H20O8/c2*1-8-13(20)14(21)15(22)16(24-8)17-12(19)6-4-9-3-5-10(18)11(7-9)23-2;1-8-13(19)14(20)15(21)16(23-8)24-12(18)6-4-9-3-5-10(17)11(7-9)22-2/h2*3-8,13-16,18,20-22H,1-2H3,(H,17,19);3-8,13-17,19-21H,1-2H3/b3*6-4+. The molecule has 3 saturated heterocycles. The van der Waals surface area contributed by atoms with Crippen molar-refractivity contribution in [1.82, 2.24) is 10.6 Å². The van der Waals surface area contributed by atoms with Crippen LogP contribution < -0.4 is 24.8 Å². The largest absolute Gasteiger partial charge is 0.504 e. The van der Waals surface area contributed by atoms with Crippen LogP contribution in [0.5, 0.6) is 34.5 Å². The van der Waals surface area contributed by atoms with Crippen LogP contribution in [0.2, 0.25) is 0 Å². The van der Waals surface area contributed by atoms with Crippen LogP contribution in [0.25, 0.3) is 18.2 Å². The number of nitrogens with one attached hydrogen (secondary N) is 2. The zero-order valence-corrected chi connectivity index (χ0v) is 39.8. The van der Waals surface area contributed by atoms with E-state index in [4.69, 9.17) is 33.2 Å². The fourth-order valence-corrected chi connectivity index (χ4v) is 6.88. The van der Waals surface area contributed by atoms with Crippen LogP contribution in [-0.2, 0) is 33.3 Å². The van der Waals surface area contributed by atoms with Crippen molar-refractivity contribution in [3.8, 4) is 34.5 Å². The van der Waals surface area contributed by atoms with Gasteiger partial charge in [0.15, 0.2) is 47.0 Å². The van der Waals surface area contributed by atoms with E-state index in [1.54, 1.807) is 30.3 Å². The lowest BCUT2D eigenvalue weighted by Crippen LogP contribution is -2.61. The highest BCUT2D eigenvalue weighted by atomic mass is 16.7. The Balaban J connectivity index is 0.000000234. The van der Waals surface area contributed by atoms with Crippen LogP contribution in [0, 0.1) is 0 Å². The lowest BCUT2D eigenvalue weighted by molar-refractivity contribution is -0.283. The second-order valence-corrected chi connectivity index (χ2v) is 16.4. The Morgan fingerprint density at radius 2 is 0.778 bits per heavy atom. The molecule has 0 aromatic heterocycles. The number of hydrogen-bond donors (Lipinski definition) is 14. The number of carbonyl (C=O) groups is 3. The number of benzene rings is 3. The van der Waals surface area contributed by atoms with Gasteiger partial charge in [0, 0.05) is 18.2 Å². The van der Waals surface area contributed by atoms with Crippen molar-refractivity contribution in [2.45, 2.75) is 113 Å². The molecule has 15 unspecified atom stereocenters. The summed E-state index contributed by atoms with van der Waals surface area (Å²) in [6.07, 6.45) is -10.5. The third kappa shape index (κ3) is 15.8. The maximum Gasteiger partial charge on any atom is 0.333 e. The van der Waals surface area contributed by atoms with Gasteiger partial charge in [0.25, 0.3) is 0 Å². The van der Waals surface area contributed by atoms with Crippen LogP contribution in [0.3, 0.4) is 0 Å². The van der Waals surface area contributed by atoms with Gasteiger partial charge in [-0.1, -0.05) is 18.2 Å². The van der Waals surface area contributed by atoms with Crippen molar-refractivity contribution >= 4 is 36.0 Å². The monoisotopic (exact) mass is 1020 g/mol. The van der Waals surface area contributed by atoms with Crippen molar-refractivity contribution in [2.24, 2.45) is 0 Å². The number of aromatic hydroxyl groups is 3. The number of aliphatic hydroxyl groups excluding tert-OH is 9. The molecule has 24 heteroatoms. The molecule has 0 spiro atoms. The molecule has 3 aliphatic heterocycles. The predicted octanol–water partition coefficient (Wildman–Crippen LogP) is -1.50. The fraction of sp³-hybridized carbons (Fsp3) is 0.438. The van der Waals surface area contributed by atoms with E-state index < -0.39 is 110 Å². The number of aliphatic hydroxyl groups is 9. The first-order chi connectivity index (χ1) is 34.0. The van der Waals surface area contributed by atoms with E-state index in [-0.39, 0.29) is 34.5 Å². The number of methoxy groups -OCH3 is 3. The summed E-state index contributed by atoms with van der Waals surface area (Å²) in [4.78, 5) is 35.7. The summed E-state index contributed by atoms with van der Waals surface area (Å²) in [5.74, 6) is -1.17. The Hall–Kier alpha value is -6.39. The third-order valence-corrected chi connectivity index (χ3v) is 11.2. The number of esters is 1. The molecule has 0 radical (unpaired) electrons. The minimum Gasteiger partial charge on any atom is -0.504 e.